The van der Waals surface area contributed by atoms with E-state index in [1.54, 1.807) is 34.8 Å². The van der Waals surface area contributed by atoms with Gasteiger partial charge in [-0.15, -0.1) is 5.10 Å². The number of hydrogen-bond acceptors (Lipinski definition) is 7. The van der Waals surface area contributed by atoms with Crippen molar-refractivity contribution in [3.8, 4) is 5.75 Å². The molecular weight excluding hydrogens is 478 g/mol. The second-order valence-corrected chi connectivity index (χ2v) is 9.43. The molecule has 4 rings (SSSR count). The number of hydrogen-bond donors (Lipinski definition) is 3. The quantitative estimate of drug-likeness (QED) is 0.499. The van der Waals surface area contributed by atoms with E-state index in [4.69, 9.17) is 4.74 Å². The Balaban J connectivity index is 1.50. The van der Waals surface area contributed by atoms with Crippen molar-refractivity contribution in [3.63, 3.8) is 0 Å². The van der Waals surface area contributed by atoms with Crippen LogP contribution >= 0.6 is 0 Å². The molecule has 4 amide bonds. The minimum atomic E-state index is -0.760. The number of aromatic nitrogens is 3. The predicted molar refractivity (Wildman–Crippen MR) is 132 cm³/mol. The molecule has 1 saturated heterocycles. The topological polar surface area (TPSA) is 148 Å². The fourth-order valence-corrected chi connectivity index (χ4v) is 4.32. The first-order chi connectivity index (χ1) is 17.8. The van der Waals surface area contributed by atoms with Gasteiger partial charge >= 0.3 is 0 Å². The fraction of sp³-hybridized carbons (Fsp3) is 0.520. The summed E-state index contributed by atoms with van der Waals surface area (Å²) >= 11 is 0. The molecule has 2 aromatic rings. The second-order valence-electron chi connectivity index (χ2n) is 9.43. The number of carbonyl (C=O) groups excluding carboxylic acids is 4. The van der Waals surface area contributed by atoms with E-state index < -0.39 is 18.0 Å². The Morgan fingerprint density at radius 2 is 1.97 bits per heavy atom. The Morgan fingerprint density at radius 3 is 2.76 bits per heavy atom. The Morgan fingerprint density at radius 1 is 1.14 bits per heavy atom. The van der Waals surface area contributed by atoms with Gasteiger partial charge in [-0.3, -0.25) is 23.9 Å². The lowest BCUT2D eigenvalue weighted by Gasteiger charge is -2.25. The van der Waals surface area contributed by atoms with Gasteiger partial charge < -0.3 is 25.6 Å². The predicted octanol–water partition coefficient (Wildman–Crippen LogP) is 0.301. The Labute approximate surface area is 215 Å². The van der Waals surface area contributed by atoms with Gasteiger partial charge in [-0.1, -0.05) is 11.3 Å². The summed E-state index contributed by atoms with van der Waals surface area (Å²) in [5, 5.41) is 16.6. The molecule has 2 atom stereocenters. The van der Waals surface area contributed by atoms with Gasteiger partial charge in [0.1, 0.15) is 23.5 Å². The Hall–Kier alpha value is -3.96. The molecule has 2 aliphatic rings. The molecule has 0 radical (unpaired) electrons. The minimum absolute atomic E-state index is 0.135. The monoisotopic (exact) mass is 511 g/mol. The van der Waals surface area contributed by atoms with Gasteiger partial charge in [0.2, 0.25) is 17.7 Å². The zero-order valence-electron chi connectivity index (χ0n) is 21.2. The van der Waals surface area contributed by atoms with Crippen LogP contribution in [0.15, 0.2) is 24.4 Å². The highest BCUT2D eigenvalue weighted by atomic mass is 16.5. The first kappa shape index (κ1) is 26.1. The summed E-state index contributed by atoms with van der Waals surface area (Å²) in [5.74, 6) is -0.587. The van der Waals surface area contributed by atoms with E-state index in [-0.39, 0.29) is 24.3 Å². The van der Waals surface area contributed by atoms with Gasteiger partial charge in [0.05, 0.1) is 24.9 Å². The standard InChI is InChI=1S/C25H33N7O5/c1-16-5-6-19-21(13-16)37-12-4-11-32-15-18(29-30-32)14-31(25(36)20-7-8-22(33)28-20)10-3-9-26-23(34)17(2)27-24(19)35/h5-6,13,15,17,20H,3-4,7-12,14H2,1-2H3,(H,26,34)(H,27,35)(H,28,33)/t17-,20+/m1/s1. The molecule has 0 unspecified atom stereocenters. The van der Waals surface area contributed by atoms with E-state index in [1.165, 1.54) is 0 Å². The highest BCUT2D eigenvalue weighted by Crippen LogP contribution is 2.21. The molecule has 198 valence electrons. The number of carbonyl (C=O) groups is 4. The molecule has 12 nitrogen and oxygen atoms in total. The molecule has 37 heavy (non-hydrogen) atoms. The van der Waals surface area contributed by atoms with Crippen LogP contribution in [0.3, 0.4) is 0 Å². The summed E-state index contributed by atoms with van der Waals surface area (Å²) in [5.41, 5.74) is 1.94. The molecule has 0 aliphatic carbocycles. The summed E-state index contributed by atoms with van der Waals surface area (Å²) in [6, 6.07) is 3.99. The average molecular weight is 512 g/mol. The van der Waals surface area contributed by atoms with Crippen LogP contribution < -0.4 is 20.7 Å². The van der Waals surface area contributed by atoms with Crippen LogP contribution in [-0.2, 0) is 27.5 Å². The van der Waals surface area contributed by atoms with Gasteiger partial charge in [-0.25, -0.2) is 0 Å². The van der Waals surface area contributed by atoms with Gasteiger partial charge in [0.15, 0.2) is 0 Å². The third-order valence-electron chi connectivity index (χ3n) is 6.36. The van der Waals surface area contributed by atoms with Crippen LogP contribution in [-0.4, -0.2) is 75.3 Å². The molecule has 12 heteroatoms. The number of nitrogens with zero attached hydrogens (tertiary/aromatic N) is 4. The van der Waals surface area contributed by atoms with Crippen molar-refractivity contribution in [2.24, 2.45) is 0 Å². The summed E-state index contributed by atoms with van der Waals surface area (Å²) in [7, 11) is 0. The number of amides is 4. The molecule has 1 aromatic carbocycles. The lowest BCUT2D eigenvalue weighted by Crippen LogP contribution is -2.46. The Bertz CT molecular complexity index is 1160. The summed E-state index contributed by atoms with van der Waals surface area (Å²) < 4.78 is 7.61. The van der Waals surface area contributed by atoms with Crippen molar-refractivity contribution in [2.75, 3.05) is 19.7 Å². The van der Waals surface area contributed by atoms with Crippen LogP contribution in [0.2, 0.25) is 0 Å². The first-order valence-corrected chi connectivity index (χ1v) is 12.6. The zero-order chi connectivity index (χ0) is 26.4. The molecule has 2 bridgehead atoms. The number of fused-ring (bicyclic) bond motifs is 3. The number of benzene rings is 1. The van der Waals surface area contributed by atoms with Crippen LogP contribution in [0.1, 0.15) is 54.2 Å². The highest BCUT2D eigenvalue weighted by Gasteiger charge is 2.31. The van der Waals surface area contributed by atoms with Gasteiger partial charge in [-0.2, -0.15) is 0 Å². The van der Waals surface area contributed by atoms with Crippen molar-refractivity contribution < 1.29 is 23.9 Å². The number of ether oxygens (including phenoxy) is 1. The summed E-state index contributed by atoms with van der Waals surface area (Å²) in [4.78, 5) is 51.9. The van der Waals surface area contributed by atoms with E-state index in [2.05, 4.69) is 26.3 Å². The van der Waals surface area contributed by atoms with E-state index in [9.17, 15) is 19.2 Å². The van der Waals surface area contributed by atoms with Crippen LogP contribution in [0.5, 0.6) is 5.75 Å². The van der Waals surface area contributed by atoms with Crippen LogP contribution in [0.4, 0.5) is 0 Å². The Kier molecular flexibility index (Phi) is 8.36. The molecule has 0 saturated carbocycles. The maximum Gasteiger partial charge on any atom is 0.255 e. The number of nitrogens with one attached hydrogen (secondary N) is 3. The van der Waals surface area contributed by atoms with Gasteiger partial charge in [-0.05, 0) is 44.4 Å². The lowest BCUT2D eigenvalue weighted by atomic mass is 10.1. The third kappa shape index (κ3) is 6.83. The maximum atomic E-state index is 13.1. The van der Waals surface area contributed by atoms with E-state index in [1.807, 2.05) is 13.0 Å². The number of aryl methyl sites for hydroxylation is 2. The lowest BCUT2D eigenvalue weighted by molar-refractivity contribution is -0.135. The van der Waals surface area contributed by atoms with Crippen molar-refractivity contribution in [3.05, 3.63) is 41.2 Å². The van der Waals surface area contributed by atoms with E-state index in [0.717, 1.165) is 5.56 Å². The van der Waals surface area contributed by atoms with Crippen molar-refractivity contribution in [2.45, 2.75) is 64.7 Å². The molecule has 1 fully saturated rings. The van der Waals surface area contributed by atoms with Gasteiger partial charge in [0.25, 0.3) is 5.91 Å². The average Bonchev–Trinajstić information content (AvgIpc) is 3.51. The van der Waals surface area contributed by atoms with Crippen molar-refractivity contribution in [1.82, 2.24) is 35.8 Å². The third-order valence-corrected chi connectivity index (χ3v) is 6.36. The first-order valence-electron chi connectivity index (χ1n) is 12.6. The molecule has 1 aromatic heterocycles. The molecule has 2 aliphatic heterocycles. The van der Waals surface area contributed by atoms with Crippen LogP contribution in [0, 0.1) is 6.92 Å². The summed E-state index contributed by atoms with van der Waals surface area (Å²) in [6.45, 7) is 5.34. The van der Waals surface area contributed by atoms with Gasteiger partial charge in [0, 0.05) is 32.5 Å². The number of rotatable bonds is 1. The maximum absolute atomic E-state index is 13.1. The normalized spacial score (nSPS) is 21.9. The molecule has 0 spiro atoms. The van der Waals surface area contributed by atoms with E-state index in [0.29, 0.717) is 68.9 Å². The second kappa shape index (κ2) is 11.8. The SMILES string of the molecule is Cc1ccc2c(c1)OCCCn1cc(nn1)CN(C(=O)[C@@H]1CCC(=O)N1)CCCNC(=O)[C@@H](C)NC2=O. The van der Waals surface area contributed by atoms with Crippen LogP contribution in [0.25, 0.3) is 0 Å². The fourth-order valence-electron chi connectivity index (χ4n) is 4.32. The zero-order valence-corrected chi connectivity index (χ0v) is 21.2. The largest absolute Gasteiger partial charge is 0.493 e. The highest BCUT2D eigenvalue weighted by molar-refractivity contribution is 5.99. The molecule has 3 N–H and O–H groups in total. The molecular formula is C25H33N7O5. The summed E-state index contributed by atoms with van der Waals surface area (Å²) in [6.07, 6.45) is 3.68. The van der Waals surface area contributed by atoms with Crippen molar-refractivity contribution in [1.29, 1.82) is 0 Å². The smallest absolute Gasteiger partial charge is 0.255 e. The molecule has 3 heterocycles. The minimum Gasteiger partial charge on any atom is -0.493 e. The van der Waals surface area contributed by atoms with Crippen molar-refractivity contribution >= 4 is 23.6 Å². The van der Waals surface area contributed by atoms with E-state index >= 15 is 0 Å².